The van der Waals surface area contributed by atoms with Crippen LogP contribution < -0.4 is 0 Å². The minimum absolute atomic E-state index is 0.197. The minimum atomic E-state index is -4.74. The molecule has 3 nitrogen and oxygen atoms in total. The summed E-state index contributed by atoms with van der Waals surface area (Å²) < 4.78 is 49.9. The van der Waals surface area contributed by atoms with Crippen LogP contribution in [0.4, 0.5) is 17.6 Å². The van der Waals surface area contributed by atoms with Crippen LogP contribution in [-0.4, -0.2) is 47.4 Å². The summed E-state index contributed by atoms with van der Waals surface area (Å²) in [5.74, 6) is -7.49. The van der Waals surface area contributed by atoms with Crippen LogP contribution in [0.1, 0.15) is 20.3 Å². The van der Waals surface area contributed by atoms with Crippen LogP contribution >= 0.6 is 11.6 Å². The number of alkyl halides is 5. The normalized spacial score (nSPS) is 13.6. The Balaban J connectivity index is 4.87. The summed E-state index contributed by atoms with van der Waals surface area (Å²) in [5, 5.41) is 0. The highest BCUT2D eigenvalue weighted by atomic mass is 35.5. The Morgan fingerprint density at radius 1 is 1.33 bits per heavy atom. The number of halogens is 5. The molecule has 8 heteroatoms. The highest BCUT2D eigenvalue weighted by Gasteiger charge is 2.51. The smallest absolute Gasteiger partial charge is 0.334 e. The van der Waals surface area contributed by atoms with E-state index in [0.29, 0.717) is 4.90 Å². The van der Waals surface area contributed by atoms with Gasteiger partial charge in [0.15, 0.2) is 0 Å². The number of hydrogen-bond donors (Lipinski definition) is 0. The summed E-state index contributed by atoms with van der Waals surface area (Å²) in [5.41, 5.74) is 0. The molecule has 0 rings (SSSR count). The molecule has 0 aliphatic carbocycles. The second kappa shape index (κ2) is 6.92. The Bertz CT molecular complexity index is 312. The Morgan fingerprint density at radius 2 is 1.83 bits per heavy atom. The van der Waals surface area contributed by atoms with Gasteiger partial charge in [-0.25, -0.2) is 8.78 Å². The Kier molecular flexibility index (Phi) is 6.59. The van der Waals surface area contributed by atoms with Crippen LogP contribution in [0.5, 0.6) is 0 Å². The summed E-state index contributed by atoms with van der Waals surface area (Å²) >= 11 is 5.24. The predicted molar refractivity (Wildman–Crippen MR) is 58.1 cm³/mol. The number of Topliss-reactive ketones (excluding diaryl/α,β-unsaturated/α-hetero) is 1. The molecule has 0 aromatic rings. The van der Waals surface area contributed by atoms with Crippen LogP contribution in [0.15, 0.2) is 0 Å². The van der Waals surface area contributed by atoms with Gasteiger partial charge < -0.3 is 4.90 Å². The van der Waals surface area contributed by atoms with E-state index in [2.05, 4.69) is 0 Å². The Hall–Kier alpha value is -0.850. The lowest BCUT2D eigenvalue weighted by molar-refractivity contribution is -0.182. The number of amides is 1. The molecular formula is C10H14ClF4NO2. The van der Waals surface area contributed by atoms with Gasteiger partial charge in [0.25, 0.3) is 5.91 Å². The van der Waals surface area contributed by atoms with Gasteiger partial charge in [0.05, 0.1) is 5.88 Å². The van der Waals surface area contributed by atoms with Gasteiger partial charge in [-0.1, -0.05) is 0 Å². The summed E-state index contributed by atoms with van der Waals surface area (Å²) in [6.07, 6.45) is -4.32. The van der Waals surface area contributed by atoms with Gasteiger partial charge in [0.2, 0.25) is 0 Å². The number of carbonyl (C=O) groups excluding carboxylic acids is 2. The van der Waals surface area contributed by atoms with E-state index in [9.17, 15) is 27.2 Å². The quantitative estimate of drug-likeness (QED) is 0.533. The predicted octanol–water partition coefficient (Wildman–Crippen LogP) is 2.32. The zero-order chi connectivity index (χ0) is 14.5. The maximum Gasteiger partial charge on any atom is 0.383 e. The molecule has 0 aliphatic rings. The maximum atomic E-state index is 12.9. The molecule has 0 bridgehead atoms. The van der Waals surface area contributed by atoms with Gasteiger partial charge in [-0.05, 0) is 13.8 Å². The van der Waals surface area contributed by atoms with E-state index in [-0.39, 0.29) is 18.8 Å². The van der Waals surface area contributed by atoms with E-state index in [1.54, 1.807) is 0 Å². The topological polar surface area (TPSA) is 37.4 Å². The second-order valence-electron chi connectivity index (χ2n) is 3.74. The second-order valence-corrected chi connectivity index (χ2v) is 4.01. The number of rotatable bonds is 7. The fourth-order valence-electron chi connectivity index (χ4n) is 1.43. The SMILES string of the molecule is CCN(C(=O)C(F)(F)C(F)F)C(C)CC(=O)CCl. The standard InChI is InChI=1S/C10H14ClF4NO2/c1-3-16(6(2)4-7(17)5-11)9(18)10(14,15)8(12)13/h6,8H,3-5H2,1-2H3. The lowest BCUT2D eigenvalue weighted by Gasteiger charge is -2.30. The molecule has 0 aliphatic heterocycles. The molecule has 0 N–H and O–H groups in total. The fraction of sp³-hybridized carbons (Fsp3) is 0.800. The van der Waals surface area contributed by atoms with Gasteiger partial charge >= 0.3 is 12.3 Å². The molecule has 0 aromatic carbocycles. The van der Waals surface area contributed by atoms with Gasteiger partial charge in [-0.2, -0.15) is 8.78 Å². The third-order valence-corrected chi connectivity index (χ3v) is 2.66. The van der Waals surface area contributed by atoms with Gasteiger partial charge in [-0.3, -0.25) is 9.59 Å². The monoisotopic (exact) mass is 291 g/mol. The molecule has 0 heterocycles. The molecule has 0 fully saturated rings. The summed E-state index contributed by atoms with van der Waals surface area (Å²) in [6, 6.07) is -0.904. The average Bonchev–Trinajstić information content (AvgIpc) is 2.29. The highest BCUT2D eigenvalue weighted by molar-refractivity contribution is 6.27. The maximum absolute atomic E-state index is 12.9. The summed E-state index contributed by atoms with van der Waals surface area (Å²) in [4.78, 5) is 22.9. The molecule has 0 aromatic heterocycles. The molecule has 0 saturated heterocycles. The van der Waals surface area contributed by atoms with Crippen molar-refractivity contribution < 1.29 is 27.2 Å². The molecular weight excluding hydrogens is 278 g/mol. The zero-order valence-electron chi connectivity index (χ0n) is 9.93. The number of nitrogens with zero attached hydrogens (tertiary/aromatic N) is 1. The lowest BCUT2D eigenvalue weighted by atomic mass is 10.1. The van der Waals surface area contributed by atoms with Crippen molar-refractivity contribution >= 4 is 23.3 Å². The molecule has 18 heavy (non-hydrogen) atoms. The fourth-order valence-corrected chi connectivity index (χ4v) is 1.54. The third kappa shape index (κ3) is 4.12. The van der Waals surface area contributed by atoms with E-state index in [1.807, 2.05) is 0 Å². The molecule has 1 amide bonds. The van der Waals surface area contributed by atoms with E-state index in [0.717, 1.165) is 0 Å². The summed E-state index contributed by atoms with van der Waals surface area (Å²) in [7, 11) is 0. The number of ketones is 1. The molecule has 1 atom stereocenters. The Morgan fingerprint density at radius 3 is 2.17 bits per heavy atom. The van der Waals surface area contributed by atoms with E-state index in [4.69, 9.17) is 11.6 Å². The van der Waals surface area contributed by atoms with Crippen LogP contribution in [0.3, 0.4) is 0 Å². The number of carbonyl (C=O) groups is 2. The zero-order valence-corrected chi connectivity index (χ0v) is 10.7. The Labute approximate surface area is 107 Å². The van der Waals surface area contributed by atoms with Crippen molar-refractivity contribution in [2.24, 2.45) is 0 Å². The van der Waals surface area contributed by atoms with Crippen molar-refractivity contribution in [3.63, 3.8) is 0 Å². The molecule has 0 saturated carbocycles. The first-order valence-electron chi connectivity index (χ1n) is 5.23. The van der Waals surface area contributed by atoms with Gasteiger partial charge in [0.1, 0.15) is 5.78 Å². The van der Waals surface area contributed by atoms with Gasteiger partial charge in [-0.15, -0.1) is 11.6 Å². The number of hydrogen-bond acceptors (Lipinski definition) is 2. The van der Waals surface area contributed by atoms with Crippen molar-refractivity contribution in [1.82, 2.24) is 4.90 Å². The first-order valence-corrected chi connectivity index (χ1v) is 5.76. The largest absolute Gasteiger partial charge is 0.383 e. The van der Waals surface area contributed by atoms with Crippen LogP contribution in [-0.2, 0) is 9.59 Å². The molecule has 0 spiro atoms. The molecule has 106 valence electrons. The van der Waals surface area contributed by atoms with Crippen molar-refractivity contribution in [3.05, 3.63) is 0 Å². The van der Waals surface area contributed by atoms with Crippen molar-refractivity contribution in [2.45, 2.75) is 38.7 Å². The van der Waals surface area contributed by atoms with E-state index >= 15 is 0 Å². The first-order chi connectivity index (χ1) is 8.18. The van der Waals surface area contributed by atoms with Crippen molar-refractivity contribution in [3.8, 4) is 0 Å². The highest BCUT2D eigenvalue weighted by Crippen LogP contribution is 2.26. The molecule has 0 radical (unpaired) electrons. The minimum Gasteiger partial charge on any atom is -0.334 e. The van der Waals surface area contributed by atoms with Crippen LogP contribution in [0, 0.1) is 0 Å². The van der Waals surface area contributed by atoms with Crippen LogP contribution in [0.2, 0.25) is 0 Å². The van der Waals surface area contributed by atoms with Crippen LogP contribution in [0.25, 0.3) is 0 Å². The van der Waals surface area contributed by atoms with Gasteiger partial charge in [0, 0.05) is 19.0 Å². The van der Waals surface area contributed by atoms with Crippen molar-refractivity contribution in [2.75, 3.05) is 12.4 Å². The third-order valence-electron chi connectivity index (χ3n) is 2.36. The van der Waals surface area contributed by atoms with E-state index < -0.39 is 30.1 Å². The summed E-state index contributed by atoms with van der Waals surface area (Å²) in [6.45, 7) is 2.49. The van der Waals surface area contributed by atoms with Crippen molar-refractivity contribution in [1.29, 1.82) is 0 Å². The molecule has 1 unspecified atom stereocenters. The lowest BCUT2D eigenvalue weighted by Crippen LogP contribution is -2.51. The van der Waals surface area contributed by atoms with E-state index in [1.165, 1.54) is 13.8 Å². The first kappa shape index (κ1) is 17.2. The average molecular weight is 292 g/mol.